The van der Waals surface area contributed by atoms with Gasteiger partial charge in [-0.05, 0) is 6.42 Å². The summed E-state index contributed by atoms with van der Waals surface area (Å²) in [6.45, 7) is 1.57. The molecule has 8 heteroatoms. The van der Waals surface area contributed by atoms with E-state index in [-0.39, 0.29) is 0 Å². The average Bonchev–Trinajstić information content (AvgIpc) is 3.12. The summed E-state index contributed by atoms with van der Waals surface area (Å²) in [4.78, 5) is 9.52. The van der Waals surface area contributed by atoms with E-state index < -0.39 is 0 Å². The van der Waals surface area contributed by atoms with Crippen molar-refractivity contribution >= 4 is 27.9 Å². The predicted octanol–water partition coefficient (Wildman–Crippen LogP) is 1.75. The summed E-state index contributed by atoms with van der Waals surface area (Å²) in [6.07, 6.45) is 5.67. The van der Waals surface area contributed by atoms with Crippen molar-refractivity contribution in [1.29, 1.82) is 0 Å². The summed E-state index contributed by atoms with van der Waals surface area (Å²) in [7, 11) is 0. The Kier molecular flexibility index (Phi) is 2.98. The third kappa shape index (κ3) is 2.02. The van der Waals surface area contributed by atoms with Crippen molar-refractivity contribution in [2.75, 3.05) is 0 Å². The zero-order valence-electron chi connectivity index (χ0n) is 10.7. The first-order valence-corrected chi connectivity index (χ1v) is 7.77. The van der Waals surface area contributed by atoms with Gasteiger partial charge in [-0.1, -0.05) is 11.6 Å². The summed E-state index contributed by atoms with van der Waals surface area (Å²) in [6, 6.07) is 0.393. The molecule has 3 aromatic heterocycles. The number of thiazole rings is 1. The smallest absolute Gasteiger partial charge is 0.195 e. The molecule has 6 nitrogen and oxygen atoms in total. The number of imidazole rings is 1. The number of rotatable bonds is 3. The van der Waals surface area contributed by atoms with Gasteiger partial charge in [0.2, 0.25) is 0 Å². The van der Waals surface area contributed by atoms with Crippen LogP contribution < -0.4 is 5.32 Å². The quantitative estimate of drug-likeness (QED) is 0.801. The third-order valence-electron chi connectivity index (χ3n) is 3.68. The highest BCUT2D eigenvalue weighted by molar-refractivity contribution is 7.15. The van der Waals surface area contributed by atoms with Crippen molar-refractivity contribution in [2.24, 2.45) is 0 Å². The van der Waals surface area contributed by atoms with Crippen LogP contribution in [0.5, 0.6) is 0 Å². The van der Waals surface area contributed by atoms with Gasteiger partial charge < -0.3 is 5.32 Å². The molecule has 104 valence electrons. The predicted molar refractivity (Wildman–Crippen MR) is 77.0 cm³/mol. The highest BCUT2D eigenvalue weighted by Crippen LogP contribution is 2.21. The largest absolute Gasteiger partial charge is 0.306 e. The van der Waals surface area contributed by atoms with E-state index in [4.69, 9.17) is 11.6 Å². The Balaban J connectivity index is 1.48. The van der Waals surface area contributed by atoms with Crippen LogP contribution in [-0.4, -0.2) is 30.2 Å². The molecule has 0 fully saturated rings. The normalized spacial score (nSPS) is 18.6. The molecule has 3 aromatic rings. The van der Waals surface area contributed by atoms with Crippen molar-refractivity contribution in [3.8, 4) is 0 Å². The van der Waals surface area contributed by atoms with E-state index in [0.717, 1.165) is 35.9 Å². The van der Waals surface area contributed by atoms with E-state index in [1.54, 1.807) is 17.7 Å². The lowest BCUT2D eigenvalue weighted by Gasteiger charge is -2.23. The molecule has 20 heavy (non-hydrogen) atoms. The Labute approximate surface area is 124 Å². The van der Waals surface area contributed by atoms with Crippen molar-refractivity contribution in [2.45, 2.75) is 32.0 Å². The maximum atomic E-state index is 6.20. The maximum absolute atomic E-state index is 6.20. The Bertz CT molecular complexity index is 744. The molecule has 4 heterocycles. The number of halogens is 1. The van der Waals surface area contributed by atoms with Gasteiger partial charge in [-0.3, -0.25) is 4.40 Å². The molecule has 0 amide bonds. The van der Waals surface area contributed by atoms with Gasteiger partial charge in [0.05, 0.1) is 12.2 Å². The van der Waals surface area contributed by atoms with Crippen LogP contribution in [0.15, 0.2) is 17.9 Å². The van der Waals surface area contributed by atoms with Crippen LogP contribution >= 0.6 is 22.9 Å². The Morgan fingerprint density at radius 1 is 1.50 bits per heavy atom. The summed E-state index contributed by atoms with van der Waals surface area (Å²) >= 11 is 7.79. The number of aromatic nitrogens is 5. The molecule has 0 bridgehead atoms. The fourth-order valence-corrected chi connectivity index (χ4v) is 3.63. The van der Waals surface area contributed by atoms with Crippen LogP contribution in [0.3, 0.4) is 0 Å². The molecule has 4 rings (SSSR count). The van der Waals surface area contributed by atoms with Gasteiger partial charge in [0.1, 0.15) is 12.2 Å². The highest BCUT2D eigenvalue weighted by atomic mass is 35.5. The second-order valence-electron chi connectivity index (χ2n) is 4.88. The van der Waals surface area contributed by atoms with E-state index in [9.17, 15) is 0 Å². The first kappa shape index (κ1) is 12.3. The fraction of sp³-hybridized carbons (Fsp3) is 0.417. The second kappa shape index (κ2) is 4.83. The van der Waals surface area contributed by atoms with Crippen LogP contribution in [0.2, 0.25) is 5.15 Å². The Morgan fingerprint density at radius 3 is 3.40 bits per heavy atom. The number of fused-ring (bicyclic) bond motifs is 2. The number of hydrogen-bond donors (Lipinski definition) is 1. The van der Waals surface area contributed by atoms with Gasteiger partial charge in [0.25, 0.3) is 0 Å². The second-order valence-corrected chi connectivity index (χ2v) is 6.11. The summed E-state index contributed by atoms with van der Waals surface area (Å²) in [5.74, 6) is 1.07. The van der Waals surface area contributed by atoms with Crippen LogP contribution in [-0.2, 0) is 19.5 Å². The van der Waals surface area contributed by atoms with Gasteiger partial charge in [0.15, 0.2) is 10.1 Å². The number of hydrogen-bond acceptors (Lipinski definition) is 5. The molecule has 0 aromatic carbocycles. The van der Waals surface area contributed by atoms with Gasteiger partial charge in [0, 0.05) is 30.6 Å². The van der Waals surface area contributed by atoms with Crippen LogP contribution in [0.25, 0.3) is 4.96 Å². The lowest BCUT2D eigenvalue weighted by atomic mass is 10.1. The minimum absolute atomic E-state index is 0.393. The van der Waals surface area contributed by atoms with Gasteiger partial charge >= 0.3 is 0 Å². The summed E-state index contributed by atoms with van der Waals surface area (Å²) < 4.78 is 4.02. The zero-order chi connectivity index (χ0) is 13.5. The number of aryl methyl sites for hydroxylation is 1. The van der Waals surface area contributed by atoms with E-state index in [1.165, 1.54) is 0 Å². The molecule has 0 saturated heterocycles. The minimum atomic E-state index is 0.393. The third-order valence-corrected chi connectivity index (χ3v) is 4.74. The van der Waals surface area contributed by atoms with Crippen LogP contribution in [0.1, 0.15) is 17.9 Å². The fourth-order valence-electron chi connectivity index (χ4n) is 2.61. The molecule has 0 unspecified atom stereocenters. The molecule has 1 N–H and O–H groups in total. The topological polar surface area (TPSA) is 60.0 Å². The monoisotopic (exact) mass is 308 g/mol. The minimum Gasteiger partial charge on any atom is -0.306 e. The van der Waals surface area contributed by atoms with Gasteiger partial charge in [-0.2, -0.15) is 5.10 Å². The average molecular weight is 309 g/mol. The van der Waals surface area contributed by atoms with Gasteiger partial charge in [-0.15, -0.1) is 11.3 Å². The van der Waals surface area contributed by atoms with E-state index in [2.05, 4.69) is 20.4 Å². The van der Waals surface area contributed by atoms with Crippen molar-refractivity contribution in [3.05, 3.63) is 34.6 Å². The number of nitrogens with one attached hydrogen (secondary N) is 1. The molecular formula is C12H13ClN6S. The summed E-state index contributed by atoms with van der Waals surface area (Å²) in [5, 5.41) is 10.4. The molecule has 0 spiro atoms. The first-order chi connectivity index (χ1) is 9.81. The lowest BCUT2D eigenvalue weighted by molar-refractivity contribution is 0.356. The highest BCUT2D eigenvalue weighted by Gasteiger charge is 2.20. The lowest BCUT2D eigenvalue weighted by Crippen LogP contribution is -2.37. The van der Waals surface area contributed by atoms with E-state index in [1.807, 2.05) is 20.7 Å². The van der Waals surface area contributed by atoms with Crippen molar-refractivity contribution in [3.63, 3.8) is 0 Å². The molecule has 0 aliphatic carbocycles. The SMILES string of the molecule is Clc1nc2sccn2c1CN[C@@H]1CCc2ncnn2C1. The van der Waals surface area contributed by atoms with E-state index >= 15 is 0 Å². The van der Waals surface area contributed by atoms with Gasteiger partial charge in [-0.25, -0.2) is 14.6 Å². The molecule has 0 radical (unpaired) electrons. The van der Waals surface area contributed by atoms with E-state index in [0.29, 0.717) is 17.7 Å². The van der Waals surface area contributed by atoms with Crippen molar-refractivity contribution in [1.82, 2.24) is 29.5 Å². The molecular weight excluding hydrogens is 296 g/mol. The zero-order valence-corrected chi connectivity index (χ0v) is 12.2. The molecule has 1 aliphatic heterocycles. The molecule has 0 saturated carbocycles. The molecule has 1 aliphatic rings. The molecule has 1 atom stereocenters. The maximum Gasteiger partial charge on any atom is 0.195 e. The number of nitrogens with zero attached hydrogens (tertiary/aromatic N) is 5. The van der Waals surface area contributed by atoms with Crippen LogP contribution in [0, 0.1) is 0 Å². The standard InChI is InChI=1S/C12H13ClN6S/c13-11-9(18-3-4-20-12(18)17-11)5-14-8-1-2-10-15-7-16-19(10)6-8/h3-4,7-8,14H,1-2,5-6H2/t8-/m1/s1. The Hall–Kier alpha value is -1.44. The summed E-state index contributed by atoms with van der Waals surface area (Å²) in [5.41, 5.74) is 1.02. The van der Waals surface area contributed by atoms with Crippen molar-refractivity contribution < 1.29 is 0 Å². The Morgan fingerprint density at radius 2 is 2.45 bits per heavy atom. The first-order valence-electron chi connectivity index (χ1n) is 6.51. The van der Waals surface area contributed by atoms with Crippen LogP contribution in [0.4, 0.5) is 0 Å².